The SMILES string of the molecule is Cc1ccc(-n2nnnc2SCC(=O)N[C@H](Cc2c[nH]c3ccccc23)C(=O)O)cc1. The van der Waals surface area contributed by atoms with Gasteiger partial charge in [-0.1, -0.05) is 47.7 Å². The fourth-order valence-corrected chi connectivity index (χ4v) is 3.91. The number of rotatable bonds is 8. The van der Waals surface area contributed by atoms with Gasteiger partial charge in [-0.25, -0.2) is 4.79 Å². The van der Waals surface area contributed by atoms with Crippen molar-refractivity contribution in [2.45, 2.75) is 24.5 Å². The fraction of sp³-hybridized carbons (Fsp3) is 0.190. The summed E-state index contributed by atoms with van der Waals surface area (Å²) < 4.78 is 1.54. The van der Waals surface area contributed by atoms with Gasteiger partial charge in [0.25, 0.3) is 0 Å². The number of amides is 1. The summed E-state index contributed by atoms with van der Waals surface area (Å²) in [5.74, 6) is -1.51. The van der Waals surface area contributed by atoms with Crippen LogP contribution in [0.15, 0.2) is 59.9 Å². The van der Waals surface area contributed by atoms with Crippen molar-refractivity contribution in [2.75, 3.05) is 5.75 Å². The molecule has 0 aliphatic carbocycles. The molecule has 31 heavy (non-hydrogen) atoms. The molecule has 1 atom stereocenters. The van der Waals surface area contributed by atoms with Crippen LogP contribution in [-0.4, -0.2) is 54.0 Å². The van der Waals surface area contributed by atoms with Crippen LogP contribution in [0, 0.1) is 6.92 Å². The monoisotopic (exact) mass is 436 g/mol. The standard InChI is InChI=1S/C21H20N6O3S/c1-13-6-8-15(9-7-13)27-21(24-25-26-27)31-12-19(28)23-18(20(29)30)10-14-11-22-17-5-3-2-4-16(14)17/h2-9,11,18,22H,10,12H2,1H3,(H,23,28)(H,29,30)/t18-/m1/s1. The first kappa shape index (κ1) is 20.6. The smallest absolute Gasteiger partial charge is 0.326 e. The lowest BCUT2D eigenvalue weighted by Gasteiger charge is -2.14. The number of nitrogens with one attached hydrogen (secondary N) is 2. The molecule has 0 bridgehead atoms. The summed E-state index contributed by atoms with van der Waals surface area (Å²) in [5.41, 5.74) is 3.65. The van der Waals surface area contributed by atoms with E-state index in [4.69, 9.17) is 0 Å². The molecular weight excluding hydrogens is 416 g/mol. The number of benzene rings is 2. The molecule has 0 unspecified atom stereocenters. The zero-order valence-electron chi connectivity index (χ0n) is 16.6. The first-order valence-electron chi connectivity index (χ1n) is 9.56. The molecule has 3 N–H and O–H groups in total. The third-order valence-electron chi connectivity index (χ3n) is 4.78. The summed E-state index contributed by atoms with van der Waals surface area (Å²) >= 11 is 1.14. The number of aromatic amines is 1. The minimum Gasteiger partial charge on any atom is -0.480 e. The highest BCUT2D eigenvalue weighted by molar-refractivity contribution is 7.99. The Kier molecular flexibility index (Phi) is 5.99. The first-order chi connectivity index (χ1) is 15.0. The van der Waals surface area contributed by atoms with Crippen molar-refractivity contribution in [2.24, 2.45) is 0 Å². The molecule has 0 saturated carbocycles. The van der Waals surface area contributed by atoms with Crippen LogP contribution in [0.2, 0.25) is 0 Å². The Labute approximate surface area is 181 Å². The summed E-state index contributed by atoms with van der Waals surface area (Å²) in [4.78, 5) is 27.3. The molecule has 0 aliphatic rings. The van der Waals surface area contributed by atoms with E-state index in [-0.39, 0.29) is 12.2 Å². The summed E-state index contributed by atoms with van der Waals surface area (Å²) in [7, 11) is 0. The molecule has 158 valence electrons. The van der Waals surface area contributed by atoms with Crippen molar-refractivity contribution in [1.82, 2.24) is 30.5 Å². The number of carbonyl (C=O) groups is 2. The number of tetrazole rings is 1. The Morgan fingerprint density at radius 3 is 2.74 bits per heavy atom. The Bertz CT molecular complexity index is 1220. The number of thioether (sulfide) groups is 1. The highest BCUT2D eigenvalue weighted by Crippen LogP contribution is 2.20. The van der Waals surface area contributed by atoms with Crippen molar-refractivity contribution < 1.29 is 14.7 Å². The van der Waals surface area contributed by atoms with E-state index < -0.39 is 17.9 Å². The fourth-order valence-electron chi connectivity index (χ4n) is 3.20. The number of fused-ring (bicyclic) bond motifs is 1. The first-order valence-corrected chi connectivity index (χ1v) is 10.5. The molecule has 2 heterocycles. The molecule has 2 aromatic carbocycles. The van der Waals surface area contributed by atoms with Gasteiger partial charge in [-0.15, -0.1) is 5.10 Å². The van der Waals surface area contributed by atoms with Gasteiger partial charge in [0, 0.05) is 23.5 Å². The van der Waals surface area contributed by atoms with E-state index in [0.717, 1.165) is 39.5 Å². The van der Waals surface area contributed by atoms with Crippen LogP contribution in [0.3, 0.4) is 0 Å². The summed E-state index contributed by atoms with van der Waals surface area (Å²) in [6.07, 6.45) is 1.95. The number of aliphatic carboxylic acids is 1. The van der Waals surface area contributed by atoms with Crippen LogP contribution < -0.4 is 5.32 Å². The van der Waals surface area contributed by atoms with Gasteiger partial charge >= 0.3 is 5.97 Å². The molecular formula is C21H20N6O3S. The number of aryl methyl sites for hydroxylation is 1. The van der Waals surface area contributed by atoms with Gasteiger partial charge in [0.2, 0.25) is 11.1 Å². The predicted octanol–water partition coefficient (Wildman–Crippen LogP) is 2.36. The van der Waals surface area contributed by atoms with Crippen molar-refractivity contribution in [3.63, 3.8) is 0 Å². The second-order valence-electron chi connectivity index (χ2n) is 7.02. The maximum atomic E-state index is 12.5. The van der Waals surface area contributed by atoms with Crippen molar-refractivity contribution in [3.05, 3.63) is 65.9 Å². The quantitative estimate of drug-likeness (QED) is 0.362. The number of hydrogen-bond acceptors (Lipinski definition) is 6. The summed E-state index contributed by atoms with van der Waals surface area (Å²) in [5, 5.41) is 25.2. The molecule has 0 radical (unpaired) electrons. The number of carboxylic acid groups (broad SMARTS) is 1. The van der Waals surface area contributed by atoms with Crippen molar-refractivity contribution >= 4 is 34.5 Å². The zero-order valence-corrected chi connectivity index (χ0v) is 17.5. The van der Waals surface area contributed by atoms with Crippen molar-refractivity contribution in [3.8, 4) is 5.69 Å². The topological polar surface area (TPSA) is 126 Å². The Morgan fingerprint density at radius 2 is 1.97 bits per heavy atom. The van der Waals surface area contributed by atoms with Crippen LogP contribution in [0.1, 0.15) is 11.1 Å². The maximum Gasteiger partial charge on any atom is 0.326 e. The number of H-pyrrole nitrogens is 1. The second kappa shape index (κ2) is 9.00. The van der Waals surface area contributed by atoms with E-state index in [1.807, 2.05) is 55.5 Å². The van der Waals surface area contributed by atoms with Gasteiger partial charge in [0.05, 0.1) is 11.4 Å². The van der Waals surface area contributed by atoms with E-state index >= 15 is 0 Å². The van der Waals surface area contributed by atoms with Gasteiger partial charge in [-0.2, -0.15) is 4.68 Å². The van der Waals surface area contributed by atoms with Crippen LogP contribution in [-0.2, 0) is 16.0 Å². The number of nitrogens with zero attached hydrogens (tertiary/aromatic N) is 4. The minimum absolute atomic E-state index is 0.0100. The van der Waals surface area contributed by atoms with Gasteiger partial charge in [0.1, 0.15) is 6.04 Å². The molecule has 0 saturated heterocycles. The van der Waals surface area contributed by atoms with E-state index in [0.29, 0.717) is 5.16 Å². The van der Waals surface area contributed by atoms with Gasteiger partial charge in [-0.05, 0) is 41.1 Å². The Balaban J connectivity index is 1.40. The van der Waals surface area contributed by atoms with Gasteiger partial charge in [-0.3, -0.25) is 4.79 Å². The summed E-state index contributed by atoms with van der Waals surface area (Å²) in [6, 6.07) is 14.3. The van der Waals surface area contributed by atoms with Crippen LogP contribution in [0.4, 0.5) is 0 Å². The van der Waals surface area contributed by atoms with Crippen LogP contribution >= 0.6 is 11.8 Å². The van der Waals surface area contributed by atoms with Gasteiger partial charge in [0.15, 0.2) is 0 Å². The van der Waals surface area contributed by atoms with E-state index in [1.165, 1.54) is 4.68 Å². The molecule has 0 spiro atoms. The Hall–Kier alpha value is -3.66. The minimum atomic E-state index is -1.09. The van der Waals surface area contributed by atoms with Gasteiger partial charge < -0.3 is 15.4 Å². The van der Waals surface area contributed by atoms with E-state index in [2.05, 4.69) is 25.8 Å². The predicted molar refractivity (Wildman–Crippen MR) is 116 cm³/mol. The van der Waals surface area contributed by atoms with Crippen molar-refractivity contribution in [1.29, 1.82) is 0 Å². The lowest BCUT2D eigenvalue weighted by molar-refractivity contribution is -0.141. The largest absolute Gasteiger partial charge is 0.480 e. The molecule has 4 aromatic rings. The number of hydrogen-bond donors (Lipinski definition) is 3. The maximum absolute atomic E-state index is 12.5. The van der Waals surface area contributed by atoms with Crippen LogP contribution in [0.5, 0.6) is 0 Å². The molecule has 1 amide bonds. The summed E-state index contributed by atoms with van der Waals surface area (Å²) in [6.45, 7) is 1.98. The van der Waals surface area contributed by atoms with Crippen LogP contribution in [0.25, 0.3) is 16.6 Å². The average Bonchev–Trinajstić information content (AvgIpc) is 3.39. The molecule has 9 nitrogen and oxygen atoms in total. The lowest BCUT2D eigenvalue weighted by atomic mass is 10.1. The normalized spacial score (nSPS) is 12.0. The number of carbonyl (C=O) groups excluding carboxylic acids is 1. The second-order valence-corrected chi connectivity index (χ2v) is 7.96. The average molecular weight is 436 g/mol. The molecule has 4 rings (SSSR count). The van der Waals surface area contributed by atoms with E-state index in [9.17, 15) is 14.7 Å². The zero-order chi connectivity index (χ0) is 21.8. The molecule has 0 aliphatic heterocycles. The number of para-hydroxylation sites is 1. The Morgan fingerprint density at radius 1 is 1.19 bits per heavy atom. The third-order valence-corrected chi connectivity index (χ3v) is 5.70. The number of carboxylic acids is 1. The molecule has 10 heteroatoms. The molecule has 0 fully saturated rings. The third kappa shape index (κ3) is 4.75. The highest BCUT2D eigenvalue weighted by atomic mass is 32.2. The molecule has 2 aromatic heterocycles. The highest BCUT2D eigenvalue weighted by Gasteiger charge is 2.22. The number of aromatic nitrogens is 5. The van der Waals surface area contributed by atoms with E-state index in [1.54, 1.807) is 6.20 Å². The lowest BCUT2D eigenvalue weighted by Crippen LogP contribution is -2.43.